The van der Waals surface area contributed by atoms with Crippen molar-refractivity contribution < 1.29 is 63.3 Å². The summed E-state index contributed by atoms with van der Waals surface area (Å²) in [7, 11) is 0. The van der Waals surface area contributed by atoms with Crippen LogP contribution in [0.15, 0.2) is 18.2 Å². The highest BCUT2D eigenvalue weighted by atomic mass is 127. The molecular weight excluding hydrogens is 827 g/mol. The number of carbonyl (C=O) groups excluding carboxylic acids is 1. The van der Waals surface area contributed by atoms with Gasteiger partial charge in [0, 0.05) is 25.6 Å². The first-order valence-corrected chi connectivity index (χ1v) is 17.2. The molecule has 2 atom stereocenters. The van der Waals surface area contributed by atoms with E-state index in [9.17, 15) is 44.5 Å². The lowest BCUT2D eigenvalue weighted by atomic mass is 10.1. The standard InChI is InChI=1S/C29H41IN8O15/c30-26-23(34-35-36(26)9-2-1-3-21(27(41)42)32-29(45)33-22(28(43)44)6-7-25(39)40)18-53-16-15-52-14-13-51-12-11-50-10-8-31-20-5-4-19(37(46)47)17-24(20)38(48)49/h4-5,17,21-22,31H,1-3,6-16,18H2,(H,39,40)(H,41,42)(H,43,44)(H2,32,33,45)/t21-,22-/m0/s1. The lowest BCUT2D eigenvalue weighted by Gasteiger charge is -2.18. The minimum atomic E-state index is -1.49. The molecule has 23 nitrogen and oxygen atoms in total. The normalized spacial score (nSPS) is 12.1. The van der Waals surface area contributed by atoms with E-state index < -0.39 is 58.0 Å². The maximum Gasteiger partial charge on any atom is 0.326 e. The summed E-state index contributed by atoms with van der Waals surface area (Å²) >= 11 is 2.07. The van der Waals surface area contributed by atoms with Crippen molar-refractivity contribution in [1.29, 1.82) is 0 Å². The SMILES string of the molecule is O=C(O)CC[C@H](NC(=O)N[C@@H](CCCCn1nnc(COCCOCCOCCOCCNc2ccc([N+](=O)[O-])cc2[N+](=O)[O-])c1I)C(=O)O)C(=O)O. The number of aromatic nitrogens is 3. The Morgan fingerprint density at radius 1 is 0.830 bits per heavy atom. The molecule has 1 heterocycles. The zero-order valence-corrected chi connectivity index (χ0v) is 30.5. The lowest BCUT2D eigenvalue weighted by Crippen LogP contribution is -2.51. The van der Waals surface area contributed by atoms with Gasteiger partial charge in [0.25, 0.3) is 11.4 Å². The Kier molecular flexibility index (Phi) is 20.5. The Balaban J connectivity index is 1.53. The molecule has 24 heteroatoms. The molecule has 294 valence electrons. The first-order chi connectivity index (χ1) is 25.3. The number of carboxylic acids is 3. The molecule has 0 spiro atoms. The third kappa shape index (κ3) is 17.5. The number of halogens is 1. The van der Waals surface area contributed by atoms with Crippen molar-refractivity contribution in [3.8, 4) is 0 Å². The molecule has 0 saturated heterocycles. The molecule has 6 N–H and O–H groups in total. The van der Waals surface area contributed by atoms with Crippen molar-refractivity contribution >= 4 is 63.6 Å². The number of nitrogens with one attached hydrogen (secondary N) is 3. The van der Waals surface area contributed by atoms with Crippen molar-refractivity contribution in [1.82, 2.24) is 25.6 Å². The van der Waals surface area contributed by atoms with E-state index in [-0.39, 0.29) is 57.2 Å². The number of aliphatic carboxylic acids is 3. The third-order valence-corrected chi connectivity index (χ3v) is 8.19. The number of unbranched alkanes of at least 4 members (excludes halogenated alkanes) is 1. The zero-order valence-electron chi connectivity index (χ0n) is 28.3. The van der Waals surface area contributed by atoms with Crippen molar-refractivity contribution in [3.05, 3.63) is 47.8 Å². The predicted molar refractivity (Wildman–Crippen MR) is 188 cm³/mol. The predicted octanol–water partition coefficient (Wildman–Crippen LogP) is 1.62. The zero-order chi connectivity index (χ0) is 39.2. The van der Waals surface area contributed by atoms with Crippen LogP contribution < -0.4 is 16.0 Å². The van der Waals surface area contributed by atoms with Gasteiger partial charge in [-0.25, -0.2) is 19.1 Å². The van der Waals surface area contributed by atoms with Crippen molar-refractivity contribution in [2.45, 2.75) is 57.3 Å². The van der Waals surface area contributed by atoms with Gasteiger partial charge in [0.05, 0.1) is 68.8 Å². The molecule has 1 aromatic carbocycles. The summed E-state index contributed by atoms with van der Waals surface area (Å²) in [5, 5.41) is 64.6. The molecule has 0 radical (unpaired) electrons. The fraction of sp³-hybridized carbons (Fsp3) is 0.586. The van der Waals surface area contributed by atoms with Crippen molar-refractivity contribution in [3.63, 3.8) is 0 Å². The molecular formula is C29H41IN8O15. The summed E-state index contributed by atoms with van der Waals surface area (Å²) in [5.41, 5.74) is -0.0214. The molecule has 2 aromatic rings. The van der Waals surface area contributed by atoms with Gasteiger partial charge in [0.1, 0.15) is 27.2 Å². The number of ether oxygens (including phenoxy) is 4. The summed E-state index contributed by atoms with van der Waals surface area (Å²) in [5.74, 6) is -3.98. The van der Waals surface area contributed by atoms with E-state index in [2.05, 4.69) is 48.9 Å². The van der Waals surface area contributed by atoms with E-state index >= 15 is 0 Å². The molecule has 0 saturated carbocycles. The Labute approximate surface area is 315 Å². The minimum Gasteiger partial charge on any atom is -0.481 e. The third-order valence-electron chi connectivity index (χ3n) is 7.01. The van der Waals surface area contributed by atoms with E-state index in [4.69, 9.17) is 29.2 Å². The summed E-state index contributed by atoms with van der Waals surface area (Å²) in [6.07, 6.45) is 0.0858. The van der Waals surface area contributed by atoms with Crippen LogP contribution in [0, 0.1) is 23.9 Å². The van der Waals surface area contributed by atoms with Crippen LogP contribution in [0.4, 0.5) is 21.9 Å². The number of hydrogen-bond acceptors (Lipinski definition) is 15. The Morgan fingerprint density at radius 2 is 1.42 bits per heavy atom. The van der Waals surface area contributed by atoms with E-state index in [1.807, 2.05) is 0 Å². The number of nitro groups is 2. The number of rotatable bonds is 29. The highest BCUT2D eigenvalue weighted by molar-refractivity contribution is 14.1. The second-order valence-electron chi connectivity index (χ2n) is 10.9. The maximum atomic E-state index is 12.1. The number of non-ortho nitro benzene ring substituents is 1. The molecule has 0 aliphatic rings. The van der Waals surface area contributed by atoms with Crippen LogP contribution in [0.1, 0.15) is 37.8 Å². The fourth-order valence-electron chi connectivity index (χ4n) is 4.34. The molecule has 1 aromatic heterocycles. The van der Waals surface area contributed by atoms with Crippen LogP contribution in [-0.2, 0) is 46.5 Å². The van der Waals surface area contributed by atoms with Gasteiger partial charge in [-0.1, -0.05) is 5.21 Å². The summed E-state index contributed by atoms with van der Waals surface area (Å²) in [6, 6.07) is -0.468. The van der Waals surface area contributed by atoms with Gasteiger partial charge in [0.15, 0.2) is 0 Å². The summed E-state index contributed by atoms with van der Waals surface area (Å²) < 4.78 is 24.3. The molecule has 53 heavy (non-hydrogen) atoms. The Bertz CT molecular complexity index is 1530. The van der Waals surface area contributed by atoms with Crippen LogP contribution in [0.25, 0.3) is 0 Å². The molecule has 2 amide bonds. The second-order valence-corrected chi connectivity index (χ2v) is 11.9. The van der Waals surface area contributed by atoms with E-state index in [1.54, 1.807) is 4.68 Å². The second kappa shape index (κ2) is 24.5. The van der Waals surface area contributed by atoms with Gasteiger partial charge in [0.2, 0.25) is 0 Å². The molecule has 0 fully saturated rings. The lowest BCUT2D eigenvalue weighted by molar-refractivity contribution is -0.393. The van der Waals surface area contributed by atoms with Crippen LogP contribution in [0.3, 0.4) is 0 Å². The first kappa shape index (κ1) is 44.4. The van der Waals surface area contributed by atoms with Gasteiger partial charge in [-0.2, -0.15) is 0 Å². The van der Waals surface area contributed by atoms with E-state index in [1.165, 1.54) is 12.1 Å². The number of anilines is 1. The minimum absolute atomic E-state index is 0.0528. The number of hydrogen-bond donors (Lipinski definition) is 6. The number of aryl methyl sites for hydroxylation is 1. The van der Waals surface area contributed by atoms with Crippen molar-refractivity contribution in [2.75, 3.05) is 58.1 Å². The van der Waals surface area contributed by atoms with E-state index in [0.29, 0.717) is 51.5 Å². The maximum absolute atomic E-state index is 12.1. The summed E-state index contributed by atoms with van der Waals surface area (Å²) in [6.45, 7) is 2.88. The number of carboxylic acid groups (broad SMARTS) is 3. The van der Waals surface area contributed by atoms with E-state index in [0.717, 1.165) is 9.77 Å². The van der Waals surface area contributed by atoms with Crippen molar-refractivity contribution in [2.24, 2.45) is 0 Å². The molecule has 0 unspecified atom stereocenters. The van der Waals surface area contributed by atoms with Gasteiger partial charge < -0.3 is 50.2 Å². The topological polar surface area (TPSA) is 319 Å². The van der Waals surface area contributed by atoms with Crippen LogP contribution >= 0.6 is 22.6 Å². The quantitative estimate of drug-likeness (QED) is 0.0293. The largest absolute Gasteiger partial charge is 0.481 e. The van der Waals surface area contributed by atoms with Gasteiger partial charge >= 0.3 is 23.9 Å². The number of urea groups is 1. The van der Waals surface area contributed by atoms with Gasteiger partial charge in [-0.05, 0) is 54.3 Å². The number of nitrogens with zero attached hydrogens (tertiary/aromatic N) is 5. The Hall–Kier alpha value is -4.79. The summed E-state index contributed by atoms with van der Waals surface area (Å²) in [4.78, 5) is 66.3. The monoisotopic (exact) mass is 868 g/mol. The highest BCUT2D eigenvalue weighted by Gasteiger charge is 2.25. The molecule has 0 aliphatic heterocycles. The number of benzene rings is 1. The van der Waals surface area contributed by atoms with Crippen LogP contribution in [-0.4, -0.2) is 129 Å². The molecule has 2 rings (SSSR count). The Morgan fingerprint density at radius 3 is 1.98 bits per heavy atom. The average molecular weight is 869 g/mol. The highest BCUT2D eigenvalue weighted by Crippen LogP contribution is 2.28. The van der Waals surface area contributed by atoms with Crippen LogP contribution in [0.5, 0.6) is 0 Å². The van der Waals surface area contributed by atoms with Crippen LogP contribution in [0.2, 0.25) is 0 Å². The fourth-order valence-corrected chi connectivity index (χ4v) is 4.94. The molecule has 0 bridgehead atoms. The van der Waals surface area contributed by atoms with Gasteiger partial charge in [-0.15, -0.1) is 5.10 Å². The first-order valence-electron chi connectivity index (χ1n) is 16.1. The van der Waals surface area contributed by atoms with Gasteiger partial charge in [-0.3, -0.25) is 25.0 Å². The molecule has 0 aliphatic carbocycles. The number of carbonyl (C=O) groups is 4. The smallest absolute Gasteiger partial charge is 0.326 e. The number of amides is 2. The number of nitro benzene ring substituents is 2. The average Bonchev–Trinajstić information content (AvgIpc) is 3.45.